The second-order valence-electron chi connectivity index (χ2n) is 5.85. The standard InChI is InChI=1S/C14H18F2O3/c1-13(2,3)14(4)18-9-7-5-6-8(11(9)19-14)10(17)12(15)16/h5-7,10,12,17H,1-4H3/t10-,14+/m0/s1. The van der Waals surface area contributed by atoms with Crippen LogP contribution in [0.2, 0.25) is 0 Å². The quantitative estimate of drug-likeness (QED) is 0.895. The lowest BCUT2D eigenvalue weighted by Crippen LogP contribution is -2.47. The first-order valence-corrected chi connectivity index (χ1v) is 6.13. The van der Waals surface area contributed by atoms with Crippen LogP contribution in [0.25, 0.3) is 0 Å². The van der Waals surface area contributed by atoms with Gasteiger partial charge in [0.1, 0.15) is 6.10 Å². The smallest absolute Gasteiger partial charge is 0.268 e. The SMILES string of the molecule is CC(C)(C)[C@]1(C)Oc2cccc([C@H](O)C(F)F)c2O1. The lowest BCUT2D eigenvalue weighted by Gasteiger charge is -2.36. The molecule has 2 atom stereocenters. The largest absolute Gasteiger partial charge is 0.448 e. The van der Waals surface area contributed by atoms with Crippen LogP contribution < -0.4 is 9.47 Å². The van der Waals surface area contributed by atoms with Crippen LogP contribution in [0.5, 0.6) is 11.5 Å². The monoisotopic (exact) mass is 272 g/mol. The molecule has 1 heterocycles. The zero-order valence-electron chi connectivity index (χ0n) is 11.4. The van der Waals surface area contributed by atoms with Gasteiger partial charge in [-0.25, -0.2) is 8.78 Å². The lowest BCUT2D eigenvalue weighted by atomic mass is 9.87. The highest BCUT2D eigenvalue weighted by molar-refractivity contribution is 5.50. The molecule has 0 saturated carbocycles. The first-order chi connectivity index (χ1) is 8.66. The van der Waals surface area contributed by atoms with E-state index in [1.807, 2.05) is 20.8 Å². The minimum atomic E-state index is -2.86. The minimum absolute atomic E-state index is 0.0560. The van der Waals surface area contributed by atoms with Gasteiger partial charge in [0.05, 0.1) is 0 Å². The first-order valence-electron chi connectivity index (χ1n) is 6.13. The van der Waals surface area contributed by atoms with Crippen molar-refractivity contribution in [1.82, 2.24) is 0 Å². The van der Waals surface area contributed by atoms with E-state index < -0.39 is 18.3 Å². The van der Waals surface area contributed by atoms with Crippen molar-refractivity contribution in [3.63, 3.8) is 0 Å². The number of aliphatic hydroxyl groups is 1. The molecule has 1 aliphatic rings. The van der Waals surface area contributed by atoms with Crippen LogP contribution in [-0.4, -0.2) is 17.3 Å². The maximum absolute atomic E-state index is 12.7. The van der Waals surface area contributed by atoms with Gasteiger partial charge in [-0.1, -0.05) is 32.9 Å². The molecule has 1 aromatic rings. The predicted octanol–water partition coefficient (Wildman–Crippen LogP) is 3.52. The normalized spacial score (nSPS) is 23.8. The summed E-state index contributed by atoms with van der Waals surface area (Å²) in [6.45, 7) is 7.55. The highest BCUT2D eigenvalue weighted by Gasteiger charge is 2.48. The molecule has 0 aliphatic carbocycles. The summed E-state index contributed by atoms with van der Waals surface area (Å²) in [5.41, 5.74) is -0.292. The van der Waals surface area contributed by atoms with E-state index in [9.17, 15) is 13.9 Å². The van der Waals surface area contributed by atoms with Gasteiger partial charge >= 0.3 is 0 Å². The minimum Gasteiger partial charge on any atom is -0.448 e. The van der Waals surface area contributed by atoms with E-state index in [0.29, 0.717) is 5.75 Å². The number of para-hydroxylation sites is 1. The van der Waals surface area contributed by atoms with Gasteiger partial charge in [-0.15, -0.1) is 0 Å². The molecule has 0 spiro atoms. The Kier molecular flexibility index (Phi) is 3.21. The van der Waals surface area contributed by atoms with Crippen molar-refractivity contribution in [3.8, 4) is 11.5 Å². The number of fused-ring (bicyclic) bond motifs is 1. The Bertz CT molecular complexity index is 482. The van der Waals surface area contributed by atoms with Gasteiger partial charge < -0.3 is 14.6 Å². The number of hydrogen-bond acceptors (Lipinski definition) is 3. The number of ether oxygens (including phenoxy) is 2. The summed E-state index contributed by atoms with van der Waals surface area (Å²) in [4.78, 5) is 0. The number of halogens is 2. The fourth-order valence-electron chi connectivity index (χ4n) is 1.82. The van der Waals surface area contributed by atoms with E-state index in [1.54, 1.807) is 19.1 Å². The molecule has 5 heteroatoms. The van der Waals surface area contributed by atoms with Gasteiger partial charge in [-0.3, -0.25) is 0 Å². The molecule has 0 amide bonds. The van der Waals surface area contributed by atoms with Crippen LogP contribution in [0.4, 0.5) is 8.78 Å². The summed E-state index contributed by atoms with van der Waals surface area (Å²) in [5.74, 6) is -0.366. The van der Waals surface area contributed by atoms with E-state index in [2.05, 4.69) is 0 Å². The van der Waals surface area contributed by atoms with E-state index in [1.165, 1.54) is 6.07 Å². The fourth-order valence-corrected chi connectivity index (χ4v) is 1.82. The van der Waals surface area contributed by atoms with E-state index in [0.717, 1.165) is 0 Å². The third-order valence-corrected chi connectivity index (χ3v) is 3.53. The molecule has 1 aromatic carbocycles. The van der Waals surface area contributed by atoms with Crippen molar-refractivity contribution < 1.29 is 23.4 Å². The third-order valence-electron chi connectivity index (χ3n) is 3.53. The molecule has 0 unspecified atom stereocenters. The highest BCUT2D eigenvalue weighted by atomic mass is 19.3. The molecule has 0 saturated heterocycles. The molecule has 19 heavy (non-hydrogen) atoms. The maximum atomic E-state index is 12.7. The van der Waals surface area contributed by atoms with E-state index in [4.69, 9.17) is 9.47 Å². The summed E-state index contributed by atoms with van der Waals surface area (Å²) in [7, 11) is 0. The summed E-state index contributed by atoms with van der Waals surface area (Å²) in [6, 6.07) is 4.64. The summed E-state index contributed by atoms with van der Waals surface area (Å²) in [6.07, 6.45) is -4.74. The average Bonchev–Trinajstić information content (AvgIpc) is 2.64. The van der Waals surface area contributed by atoms with Gasteiger partial charge in [0.2, 0.25) is 0 Å². The number of benzene rings is 1. The molecule has 1 N–H and O–H groups in total. The summed E-state index contributed by atoms with van der Waals surface area (Å²) in [5, 5.41) is 9.55. The van der Waals surface area contributed by atoms with Crippen molar-refractivity contribution in [2.75, 3.05) is 0 Å². The molecule has 0 radical (unpaired) electrons. The van der Waals surface area contributed by atoms with Gasteiger partial charge in [-0.05, 0) is 6.07 Å². The van der Waals surface area contributed by atoms with Crippen LogP contribution in [0.1, 0.15) is 39.4 Å². The topological polar surface area (TPSA) is 38.7 Å². The van der Waals surface area contributed by atoms with Crippen LogP contribution in [-0.2, 0) is 0 Å². The third kappa shape index (κ3) is 2.27. The first kappa shape index (κ1) is 14.1. The van der Waals surface area contributed by atoms with Gasteiger partial charge in [-0.2, -0.15) is 0 Å². The summed E-state index contributed by atoms with van der Waals surface area (Å²) >= 11 is 0. The van der Waals surface area contributed by atoms with Crippen LogP contribution >= 0.6 is 0 Å². The Morgan fingerprint density at radius 1 is 1.21 bits per heavy atom. The number of hydrogen-bond donors (Lipinski definition) is 1. The van der Waals surface area contributed by atoms with Gasteiger partial charge in [0.15, 0.2) is 11.5 Å². The predicted molar refractivity (Wildman–Crippen MR) is 66.5 cm³/mol. The number of aliphatic hydroxyl groups excluding tert-OH is 1. The van der Waals surface area contributed by atoms with Crippen molar-refractivity contribution in [2.45, 2.75) is 46.0 Å². The van der Waals surface area contributed by atoms with Gasteiger partial charge in [0.25, 0.3) is 12.2 Å². The maximum Gasteiger partial charge on any atom is 0.268 e. The van der Waals surface area contributed by atoms with Crippen molar-refractivity contribution in [3.05, 3.63) is 23.8 Å². The van der Waals surface area contributed by atoms with Gasteiger partial charge in [0, 0.05) is 17.9 Å². The molecule has 0 bridgehead atoms. The van der Waals surface area contributed by atoms with E-state index in [-0.39, 0.29) is 16.7 Å². The van der Waals surface area contributed by atoms with E-state index >= 15 is 0 Å². The molecule has 2 rings (SSSR count). The molecular formula is C14H18F2O3. The summed E-state index contributed by atoms with van der Waals surface area (Å²) < 4.78 is 36.8. The second kappa shape index (κ2) is 4.34. The molecular weight excluding hydrogens is 254 g/mol. The molecule has 3 nitrogen and oxygen atoms in total. The Morgan fingerprint density at radius 2 is 1.84 bits per heavy atom. The highest BCUT2D eigenvalue weighted by Crippen LogP contribution is 2.49. The van der Waals surface area contributed by atoms with Crippen molar-refractivity contribution in [1.29, 1.82) is 0 Å². The Hall–Kier alpha value is -1.36. The van der Waals surface area contributed by atoms with Crippen LogP contribution in [0.3, 0.4) is 0 Å². The van der Waals surface area contributed by atoms with Crippen molar-refractivity contribution >= 4 is 0 Å². The lowest BCUT2D eigenvalue weighted by molar-refractivity contribution is -0.143. The zero-order chi connectivity index (χ0) is 14.4. The molecule has 106 valence electrons. The zero-order valence-corrected chi connectivity index (χ0v) is 11.4. The molecule has 0 fully saturated rings. The Morgan fingerprint density at radius 3 is 2.37 bits per heavy atom. The second-order valence-corrected chi connectivity index (χ2v) is 5.85. The average molecular weight is 272 g/mol. The number of alkyl halides is 2. The Labute approximate surface area is 111 Å². The van der Waals surface area contributed by atoms with Crippen molar-refractivity contribution in [2.24, 2.45) is 5.41 Å². The molecule has 0 aromatic heterocycles. The fraction of sp³-hybridized carbons (Fsp3) is 0.571. The van der Waals surface area contributed by atoms with Crippen LogP contribution in [0, 0.1) is 5.41 Å². The van der Waals surface area contributed by atoms with Crippen LogP contribution in [0.15, 0.2) is 18.2 Å². The Balaban J connectivity index is 2.42. The molecule has 1 aliphatic heterocycles. The number of rotatable bonds is 2.